The highest BCUT2D eigenvalue weighted by Crippen LogP contribution is 2.82. The molecule has 5 aliphatic carbocycles. The zero-order valence-electron chi connectivity index (χ0n) is 20.3. The number of hydrogen-bond donors (Lipinski definition) is 0. The zero-order valence-corrected chi connectivity index (χ0v) is 20.3. The highest BCUT2D eigenvalue weighted by molar-refractivity contribution is 5.45. The quantitative estimate of drug-likeness (QED) is 0.499. The Labute approximate surface area is 193 Å². The predicted molar refractivity (Wildman–Crippen MR) is 126 cm³/mol. The van der Waals surface area contributed by atoms with E-state index in [1.54, 1.807) is 12.3 Å². The Morgan fingerprint density at radius 1 is 1.16 bits per heavy atom. The molecule has 10 atom stereocenters. The first-order valence-electron chi connectivity index (χ1n) is 13.2. The van der Waals surface area contributed by atoms with Crippen molar-refractivity contribution in [2.75, 3.05) is 7.11 Å². The highest BCUT2D eigenvalue weighted by Gasteiger charge is 2.77. The van der Waals surface area contributed by atoms with Gasteiger partial charge in [0, 0.05) is 18.7 Å². The van der Waals surface area contributed by atoms with E-state index >= 15 is 0 Å². The summed E-state index contributed by atoms with van der Waals surface area (Å²) in [4.78, 5) is 4.22. The van der Waals surface area contributed by atoms with Crippen LogP contribution < -0.4 is 0 Å². The van der Waals surface area contributed by atoms with E-state index in [1.165, 1.54) is 57.4 Å². The molecular weight excluding hydrogens is 397 g/mol. The van der Waals surface area contributed by atoms with Gasteiger partial charge in [-0.3, -0.25) is 4.98 Å². The summed E-state index contributed by atoms with van der Waals surface area (Å²) in [5, 5.41) is 0. The summed E-state index contributed by atoms with van der Waals surface area (Å²) in [6.45, 7) is 7.60. The Kier molecular flexibility index (Phi) is 4.76. The molecule has 1 spiro atoms. The number of pyridine rings is 1. The first-order chi connectivity index (χ1) is 15.3. The van der Waals surface area contributed by atoms with Gasteiger partial charge >= 0.3 is 0 Å². The molecular formula is C29H40FNO. The van der Waals surface area contributed by atoms with Crippen molar-refractivity contribution in [3.63, 3.8) is 0 Å². The van der Waals surface area contributed by atoms with Crippen molar-refractivity contribution >= 4 is 6.08 Å². The van der Waals surface area contributed by atoms with Crippen molar-refractivity contribution in [3.8, 4) is 0 Å². The first-order valence-corrected chi connectivity index (χ1v) is 13.2. The zero-order chi connectivity index (χ0) is 22.3. The Balaban J connectivity index is 1.25. The lowest BCUT2D eigenvalue weighted by Gasteiger charge is -2.61. The van der Waals surface area contributed by atoms with E-state index in [0.717, 1.165) is 23.7 Å². The van der Waals surface area contributed by atoms with Crippen LogP contribution in [0.25, 0.3) is 6.08 Å². The maximum absolute atomic E-state index is 14.1. The molecule has 5 saturated carbocycles. The average Bonchev–Trinajstić information content (AvgIpc) is 3.29. The summed E-state index contributed by atoms with van der Waals surface area (Å²) < 4.78 is 20.3. The summed E-state index contributed by atoms with van der Waals surface area (Å²) in [7, 11) is 1.98. The maximum atomic E-state index is 14.1. The van der Waals surface area contributed by atoms with E-state index in [1.807, 2.05) is 13.2 Å². The fourth-order valence-corrected chi connectivity index (χ4v) is 10.4. The van der Waals surface area contributed by atoms with Crippen LogP contribution in [-0.4, -0.2) is 18.2 Å². The Morgan fingerprint density at radius 3 is 2.75 bits per heavy atom. The van der Waals surface area contributed by atoms with E-state index in [-0.39, 0.29) is 5.82 Å². The summed E-state index contributed by atoms with van der Waals surface area (Å²) >= 11 is 0. The van der Waals surface area contributed by atoms with Crippen molar-refractivity contribution in [2.45, 2.75) is 78.2 Å². The number of hydrogen-bond acceptors (Lipinski definition) is 2. The van der Waals surface area contributed by atoms with Crippen LogP contribution in [-0.2, 0) is 4.74 Å². The molecule has 0 aromatic carbocycles. The van der Waals surface area contributed by atoms with E-state index in [2.05, 4.69) is 31.8 Å². The minimum Gasteiger partial charge on any atom is -0.381 e. The third-order valence-electron chi connectivity index (χ3n) is 11.9. The standard InChI is InChI=1S/C29H40FNO/c1-18(7-10-25-24(30)6-5-15-31-25)21-8-9-22-20-16-26(32-4)29-17-19(29)11-14-28(29,3)23(20)12-13-27(21,22)2/h5-7,10,15,18-23,26H,8-9,11-14,16-17H2,1-4H3/b10-7+/t18-,19-,20+,21-,22+,23+,26-,27-,28-,29?/m1/s1. The molecule has 0 amide bonds. The number of fused-ring (bicyclic) bond motifs is 4. The molecule has 1 aromatic heterocycles. The smallest absolute Gasteiger partial charge is 0.148 e. The number of ether oxygens (including phenoxy) is 1. The maximum Gasteiger partial charge on any atom is 0.148 e. The summed E-state index contributed by atoms with van der Waals surface area (Å²) in [5.41, 5.74) is 1.88. The van der Waals surface area contributed by atoms with Crippen LogP contribution >= 0.6 is 0 Å². The molecule has 6 rings (SSSR count). The highest BCUT2D eigenvalue weighted by atomic mass is 19.1. The number of halogens is 1. The van der Waals surface area contributed by atoms with Gasteiger partial charge in [-0.25, -0.2) is 4.39 Å². The normalized spacial score (nSPS) is 49.9. The topological polar surface area (TPSA) is 22.1 Å². The molecule has 0 bridgehead atoms. The molecule has 5 aliphatic rings. The third kappa shape index (κ3) is 2.64. The molecule has 1 aromatic rings. The van der Waals surface area contributed by atoms with Gasteiger partial charge in [0.25, 0.3) is 0 Å². The van der Waals surface area contributed by atoms with E-state index in [4.69, 9.17) is 4.74 Å². The van der Waals surface area contributed by atoms with Gasteiger partial charge in [0.15, 0.2) is 0 Å². The van der Waals surface area contributed by atoms with Gasteiger partial charge in [0.05, 0.1) is 11.8 Å². The molecule has 2 nitrogen and oxygen atoms in total. The second kappa shape index (κ2) is 7.14. The lowest BCUT2D eigenvalue weighted by atomic mass is 9.45. The number of allylic oxidation sites excluding steroid dienone is 1. The van der Waals surface area contributed by atoms with Crippen LogP contribution in [0.1, 0.15) is 77.8 Å². The van der Waals surface area contributed by atoms with Crippen molar-refractivity contribution in [3.05, 3.63) is 35.9 Å². The van der Waals surface area contributed by atoms with Crippen LogP contribution in [0, 0.1) is 57.6 Å². The molecule has 1 heterocycles. The van der Waals surface area contributed by atoms with Gasteiger partial charge in [-0.05, 0) is 116 Å². The van der Waals surface area contributed by atoms with Crippen molar-refractivity contribution in [2.24, 2.45) is 51.8 Å². The third-order valence-corrected chi connectivity index (χ3v) is 11.9. The number of methoxy groups -OCH3 is 1. The van der Waals surface area contributed by atoms with Crippen molar-refractivity contribution in [1.29, 1.82) is 0 Å². The van der Waals surface area contributed by atoms with E-state index in [9.17, 15) is 4.39 Å². The van der Waals surface area contributed by atoms with E-state index < -0.39 is 0 Å². The SMILES string of the molecule is CO[C@@H]1C[C@H]2[C@@H]3CC[C@H]([C@H](C)/C=C/c4ncccc4F)[C@@]3(C)CC[C@@H]2[C@@]2(C)CC[C@@H]3CC312. The summed E-state index contributed by atoms with van der Waals surface area (Å²) in [5.74, 6) is 4.38. The van der Waals surface area contributed by atoms with Gasteiger partial charge < -0.3 is 4.74 Å². The molecule has 32 heavy (non-hydrogen) atoms. The van der Waals surface area contributed by atoms with Crippen LogP contribution in [0.3, 0.4) is 0 Å². The minimum atomic E-state index is -0.225. The molecule has 0 saturated heterocycles. The Morgan fingerprint density at radius 2 is 2.00 bits per heavy atom. The van der Waals surface area contributed by atoms with Crippen LogP contribution in [0.4, 0.5) is 4.39 Å². The lowest BCUT2D eigenvalue weighted by molar-refractivity contribution is -0.160. The number of nitrogens with zero attached hydrogens (tertiary/aromatic N) is 1. The minimum absolute atomic E-state index is 0.225. The number of rotatable bonds is 4. The summed E-state index contributed by atoms with van der Waals surface area (Å²) in [6.07, 6.45) is 17.3. The largest absolute Gasteiger partial charge is 0.381 e. The fraction of sp³-hybridized carbons (Fsp3) is 0.759. The molecule has 0 radical (unpaired) electrons. The van der Waals surface area contributed by atoms with E-state index in [0.29, 0.717) is 39.9 Å². The fourth-order valence-electron chi connectivity index (χ4n) is 10.4. The van der Waals surface area contributed by atoms with Gasteiger partial charge in [-0.2, -0.15) is 0 Å². The molecule has 0 aliphatic heterocycles. The van der Waals surface area contributed by atoms with Crippen molar-refractivity contribution in [1.82, 2.24) is 4.98 Å². The molecule has 174 valence electrons. The second-order valence-corrected chi connectivity index (χ2v) is 12.6. The first kappa shape index (κ1) is 21.3. The molecule has 3 heteroatoms. The van der Waals surface area contributed by atoms with Gasteiger partial charge in [-0.15, -0.1) is 0 Å². The van der Waals surface area contributed by atoms with Crippen LogP contribution in [0.2, 0.25) is 0 Å². The Hall–Kier alpha value is -1.22. The lowest BCUT2D eigenvalue weighted by Crippen LogP contribution is -2.57. The monoisotopic (exact) mass is 437 g/mol. The van der Waals surface area contributed by atoms with Gasteiger partial charge in [-0.1, -0.05) is 26.8 Å². The van der Waals surface area contributed by atoms with Gasteiger partial charge in [0.1, 0.15) is 5.82 Å². The van der Waals surface area contributed by atoms with Crippen LogP contribution in [0.15, 0.2) is 24.4 Å². The summed E-state index contributed by atoms with van der Waals surface area (Å²) in [6, 6.07) is 3.16. The van der Waals surface area contributed by atoms with Gasteiger partial charge in [0.2, 0.25) is 0 Å². The predicted octanol–water partition coefficient (Wildman–Crippen LogP) is 7.15. The number of aromatic nitrogens is 1. The van der Waals surface area contributed by atoms with Crippen LogP contribution in [0.5, 0.6) is 0 Å². The molecule has 0 N–H and O–H groups in total. The molecule has 1 unspecified atom stereocenters. The Bertz CT molecular complexity index is 929. The second-order valence-electron chi connectivity index (χ2n) is 12.6. The molecule has 5 fully saturated rings. The van der Waals surface area contributed by atoms with Crippen molar-refractivity contribution < 1.29 is 9.13 Å². The average molecular weight is 438 g/mol.